The molecule has 29 heavy (non-hydrogen) atoms. The van der Waals surface area contributed by atoms with E-state index in [4.69, 9.17) is 9.47 Å². The number of hydrogen-bond donors (Lipinski definition) is 2. The summed E-state index contributed by atoms with van der Waals surface area (Å²) in [5.41, 5.74) is 1.63. The maximum atomic E-state index is 12.3. The topological polar surface area (TPSA) is 79.9 Å². The highest BCUT2D eigenvalue weighted by Gasteiger charge is 2.23. The molecule has 7 nitrogen and oxygen atoms in total. The Labute approximate surface area is 171 Å². The minimum atomic E-state index is -0.263. The number of ether oxygens (including phenoxy) is 2. The number of nitrogens with zero attached hydrogens (tertiary/aromatic N) is 1. The van der Waals surface area contributed by atoms with Crippen LogP contribution in [0.25, 0.3) is 0 Å². The van der Waals surface area contributed by atoms with Gasteiger partial charge in [-0.05, 0) is 29.8 Å². The van der Waals surface area contributed by atoms with Crippen molar-refractivity contribution in [3.8, 4) is 5.75 Å². The summed E-state index contributed by atoms with van der Waals surface area (Å²) in [5, 5.41) is 5.60. The summed E-state index contributed by atoms with van der Waals surface area (Å²) in [4.78, 5) is 26.7. The summed E-state index contributed by atoms with van der Waals surface area (Å²) in [7, 11) is 1.64. The number of carbonyl (C=O) groups is 2. The molecular weight excluding hydrogens is 370 g/mol. The Bertz CT molecular complexity index is 789. The number of rotatable bonds is 8. The smallest absolute Gasteiger partial charge is 0.251 e. The Morgan fingerprint density at radius 2 is 1.72 bits per heavy atom. The summed E-state index contributed by atoms with van der Waals surface area (Å²) in [6.07, 6.45) is 0. The largest absolute Gasteiger partial charge is 0.497 e. The third-order valence-electron chi connectivity index (χ3n) is 4.93. The molecule has 7 heteroatoms. The molecule has 2 N–H and O–H groups in total. The molecule has 1 fully saturated rings. The van der Waals surface area contributed by atoms with Crippen molar-refractivity contribution < 1.29 is 19.1 Å². The minimum Gasteiger partial charge on any atom is -0.497 e. The standard InChI is InChI=1S/C22H27N3O4/c1-28-19-9-7-17(8-10-19)20(25-11-13-29-14-12-25)15-23-21(26)16-24-22(27)18-5-3-2-4-6-18/h2-10,20H,11-16H2,1H3,(H,23,26)(H,24,27). The van der Waals surface area contributed by atoms with Gasteiger partial charge in [0.2, 0.25) is 5.91 Å². The van der Waals surface area contributed by atoms with Crippen LogP contribution in [0.1, 0.15) is 22.0 Å². The highest BCUT2D eigenvalue weighted by atomic mass is 16.5. The van der Waals surface area contributed by atoms with Crippen LogP contribution in [-0.4, -0.2) is 63.2 Å². The predicted molar refractivity (Wildman–Crippen MR) is 110 cm³/mol. The number of carbonyl (C=O) groups excluding carboxylic acids is 2. The number of hydrogen-bond acceptors (Lipinski definition) is 5. The van der Waals surface area contributed by atoms with Gasteiger partial charge in [0.15, 0.2) is 0 Å². The lowest BCUT2D eigenvalue weighted by molar-refractivity contribution is -0.120. The van der Waals surface area contributed by atoms with Crippen molar-refractivity contribution in [1.82, 2.24) is 15.5 Å². The van der Waals surface area contributed by atoms with Gasteiger partial charge >= 0.3 is 0 Å². The summed E-state index contributed by atoms with van der Waals surface area (Å²) < 4.78 is 10.7. The minimum absolute atomic E-state index is 0.0265. The lowest BCUT2D eigenvalue weighted by atomic mass is 10.0. The molecule has 154 valence electrons. The summed E-state index contributed by atoms with van der Waals surface area (Å²) in [6.45, 7) is 3.34. The second-order valence-corrected chi connectivity index (χ2v) is 6.79. The molecule has 2 aromatic carbocycles. The Kier molecular flexibility index (Phi) is 7.61. The van der Waals surface area contributed by atoms with E-state index < -0.39 is 0 Å². The maximum absolute atomic E-state index is 12.3. The molecule has 1 saturated heterocycles. The molecule has 3 rings (SSSR count). The fourth-order valence-corrected chi connectivity index (χ4v) is 3.30. The van der Waals surface area contributed by atoms with E-state index in [1.165, 1.54) is 0 Å². The second-order valence-electron chi connectivity index (χ2n) is 6.79. The van der Waals surface area contributed by atoms with Gasteiger partial charge in [-0.15, -0.1) is 0 Å². The quantitative estimate of drug-likeness (QED) is 0.708. The molecule has 2 amide bonds. The Balaban J connectivity index is 1.57. The molecule has 0 saturated carbocycles. The summed E-state index contributed by atoms with van der Waals surface area (Å²) >= 11 is 0. The van der Waals surface area contributed by atoms with E-state index in [0.717, 1.165) is 24.4 Å². The van der Waals surface area contributed by atoms with Gasteiger partial charge < -0.3 is 20.1 Å². The first-order valence-corrected chi connectivity index (χ1v) is 9.73. The maximum Gasteiger partial charge on any atom is 0.251 e. The molecule has 0 aliphatic carbocycles. The molecule has 1 unspecified atom stereocenters. The number of amides is 2. The van der Waals surface area contributed by atoms with E-state index in [1.54, 1.807) is 31.4 Å². The zero-order valence-corrected chi connectivity index (χ0v) is 16.6. The Hall–Kier alpha value is -2.90. The van der Waals surface area contributed by atoms with Gasteiger partial charge in [0.05, 0.1) is 32.9 Å². The molecule has 0 aromatic heterocycles. The second kappa shape index (κ2) is 10.6. The lowest BCUT2D eigenvalue weighted by Crippen LogP contribution is -2.45. The monoisotopic (exact) mass is 397 g/mol. The van der Waals surface area contributed by atoms with Crippen molar-refractivity contribution in [2.45, 2.75) is 6.04 Å². The van der Waals surface area contributed by atoms with Crippen molar-refractivity contribution in [2.24, 2.45) is 0 Å². The third kappa shape index (κ3) is 6.04. The van der Waals surface area contributed by atoms with Crippen LogP contribution in [0, 0.1) is 0 Å². The molecule has 1 atom stereocenters. The zero-order valence-electron chi connectivity index (χ0n) is 16.6. The zero-order chi connectivity index (χ0) is 20.5. The Morgan fingerprint density at radius 3 is 2.38 bits per heavy atom. The van der Waals surface area contributed by atoms with Gasteiger partial charge in [0.1, 0.15) is 5.75 Å². The van der Waals surface area contributed by atoms with Crippen LogP contribution >= 0.6 is 0 Å². The van der Waals surface area contributed by atoms with Crippen LogP contribution < -0.4 is 15.4 Å². The molecule has 0 bridgehead atoms. The first-order chi connectivity index (χ1) is 14.2. The van der Waals surface area contributed by atoms with Gasteiger partial charge in [-0.1, -0.05) is 30.3 Å². The van der Waals surface area contributed by atoms with Gasteiger partial charge in [0, 0.05) is 25.2 Å². The average Bonchev–Trinajstić information content (AvgIpc) is 2.79. The highest BCUT2D eigenvalue weighted by Crippen LogP contribution is 2.23. The van der Waals surface area contributed by atoms with Gasteiger partial charge in [-0.25, -0.2) is 0 Å². The highest BCUT2D eigenvalue weighted by molar-refractivity contribution is 5.96. The van der Waals surface area contributed by atoms with Crippen LogP contribution in [0.3, 0.4) is 0 Å². The molecule has 1 heterocycles. The van der Waals surface area contributed by atoms with Gasteiger partial charge in [0.25, 0.3) is 5.91 Å². The van der Waals surface area contributed by atoms with Crippen molar-refractivity contribution >= 4 is 11.8 Å². The summed E-state index contributed by atoms with van der Waals surface area (Å²) in [6, 6.07) is 16.7. The Morgan fingerprint density at radius 1 is 1.03 bits per heavy atom. The normalized spacial score (nSPS) is 15.3. The molecular formula is C22H27N3O4. The van der Waals surface area contributed by atoms with Gasteiger partial charge in [-0.3, -0.25) is 14.5 Å². The lowest BCUT2D eigenvalue weighted by Gasteiger charge is -2.35. The van der Waals surface area contributed by atoms with E-state index in [0.29, 0.717) is 25.3 Å². The van der Waals surface area contributed by atoms with E-state index in [9.17, 15) is 9.59 Å². The number of nitrogens with one attached hydrogen (secondary N) is 2. The first-order valence-electron chi connectivity index (χ1n) is 9.73. The van der Waals surface area contributed by atoms with E-state index in [-0.39, 0.29) is 24.4 Å². The van der Waals surface area contributed by atoms with Crippen LogP contribution in [0.4, 0.5) is 0 Å². The fourth-order valence-electron chi connectivity index (χ4n) is 3.30. The van der Waals surface area contributed by atoms with Crippen LogP contribution in [-0.2, 0) is 9.53 Å². The molecule has 0 spiro atoms. The number of benzene rings is 2. The number of methoxy groups -OCH3 is 1. The average molecular weight is 397 g/mol. The molecule has 1 aliphatic heterocycles. The van der Waals surface area contributed by atoms with E-state index in [1.807, 2.05) is 30.3 Å². The fraction of sp³-hybridized carbons (Fsp3) is 0.364. The van der Waals surface area contributed by atoms with Gasteiger partial charge in [-0.2, -0.15) is 0 Å². The van der Waals surface area contributed by atoms with Crippen LogP contribution in [0.5, 0.6) is 5.75 Å². The third-order valence-corrected chi connectivity index (χ3v) is 4.93. The van der Waals surface area contributed by atoms with E-state index >= 15 is 0 Å². The van der Waals surface area contributed by atoms with Crippen molar-refractivity contribution in [3.05, 3.63) is 65.7 Å². The van der Waals surface area contributed by atoms with E-state index in [2.05, 4.69) is 15.5 Å². The number of morpholine rings is 1. The van der Waals surface area contributed by atoms with Crippen molar-refractivity contribution in [2.75, 3.05) is 46.5 Å². The molecule has 0 radical (unpaired) electrons. The van der Waals surface area contributed by atoms with Crippen molar-refractivity contribution in [3.63, 3.8) is 0 Å². The summed E-state index contributed by atoms with van der Waals surface area (Å²) in [5.74, 6) is 0.309. The molecule has 1 aliphatic rings. The predicted octanol–water partition coefficient (Wildman–Crippen LogP) is 1.61. The van der Waals surface area contributed by atoms with Crippen LogP contribution in [0.2, 0.25) is 0 Å². The first kappa shape index (κ1) is 20.8. The van der Waals surface area contributed by atoms with Crippen molar-refractivity contribution in [1.29, 1.82) is 0 Å². The SMILES string of the molecule is COc1ccc(C(CNC(=O)CNC(=O)c2ccccc2)N2CCOCC2)cc1. The van der Waals surface area contributed by atoms with Crippen LogP contribution in [0.15, 0.2) is 54.6 Å². The molecule has 2 aromatic rings.